The SMILES string of the molecule is CCSC1CCC(NC(=NC)NCc2cccc(COC3CCOCC3)c2)C1. The molecule has 1 aliphatic heterocycles. The normalized spacial score (nSPS) is 23.7. The van der Waals surface area contributed by atoms with Crippen molar-refractivity contribution >= 4 is 17.7 Å². The van der Waals surface area contributed by atoms with Gasteiger partial charge in [0.25, 0.3) is 0 Å². The van der Waals surface area contributed by atoms with Crippen molar-refractivity contribution in [2.24, 2.45) is 4.99 Å². The number of nitrogens with one attached hydrogen (secondary N) is 2. The van der Waals surface area contributed by atoms with E-state index in [-0.39, 0.29) is 0 Å². The summed E-state index contributed by atoms with van der Waals surface area (Å²) in [6.07, 6.45) is 6.11. The first-order valence-corrected chi connectivity index (χ1v) is 11.7. The second-order valence-corrected chi connectivity index (χ2v) is 9.18. The third-order valence-electron chi connectivity index (χ3n) is 5.46. The van der Waals surface area contributed by atoms with Crippen LogP contribution >= 0.6 is 11.8 Å². The largest absolute Gasteiger partial charge is 0.381 e. The molecule has 1 saturated heterocycles. The second kappa shape index (κ2) is 11.7. The van der Waals surface area contributed by atoms with Gasteiger partial charge in [0.15, 0.2) is 5.96 Å². The molecule has 1 aromatic carbocycles. The monoisotopic (exact) mass is 405 g/mol. The predicted octanol–water partition coefficient (Wildman–Crippen LogP) is 3.72. The van der Waals surface area contributed by atoms with E-state index in [1.54, 1.807) is 0 Å². The van der Waals surface area contributed by atoms with Gasteiger partial charge in [-0.1, -0.05) is 31.2 Å². The molecule has 2 unspecified atom stereocenters. The average molecular weight is 406 g/mol. The number of aliphatic imine (C=N–C) groups is 1. The molecule has 0 spiro atoms. The van der Waals surface area contributed by atoms with E-state index in [2.05, 4.69) is 58.6 Å². The Balaban J connectivity index is 1.42. The van der Waals surface area contributed by atoms with E-state index < -0.39 is 0 Å². The summed E-state index contributed by atoms with van der Waals surface area (Å²) in [7, 11) is 1.85. The summed E-state index contributed by atoms with van der Waals surface area (Å²) in [4.78, 5) is 4.41. The summed E-state index contributed by atoms with van der Waals surface area (Å²) in [6.45, 7) is 5.32. The molecular formula is C22H35N3O2S. The van der Waals surface area contributed by atoms with Gasteiger partial charge in [-0.05, 0) is 49.0 Å². The number of rotatable bonds is 8. The van der Waals surface area contributed by atoms with Gasteiger partial charge in [-0.15, -0.1) is 0 Å². The van der Waals surface area contributed by atoms with E-state index in [9.17, 15) is 0 Å². The van der Waals surface area contributed by atoms with Crippen LogP contribution in [0.5, 0.6) is 0 Å². The number of benzene rings is 1. The Kier molecular flexibility index (Phi) is 8.96. The van der Waals surface area contributed by atoms with E-state index in [0.29, 0.717) is 18.8 Å². The molecule has 2 aliphatic rings. The van der Waals surface area contributed by atoms with Crippen LogP contribution in [0.1, 0.15) is 50.2 Å². The number of hydrogen-bond acceptors (Lipinski definition) is 4. The van der Waals surface area contributed by atoms with Gasteiger partial charge in [-0.3, -0.25) is 4.99 Å². The van der Waals surface area contributed by atoms with Crippen molar-refractivity contribution in [2.45, 2.75) is 69.6 Å². The molecule has 3 rings (SSSR count). The molecule has 1 heterocycles. The summed E-state index contributed by atoms with van der Waals surface area (Å²) < 4.78 is 11.4. The maximum Gasteiger partial charge on any atom is 0.191 e. The summed E-state index contributed by atoms with van der Waals surface area (Å²) in [5.41, 5.74) is 2.48. The standard InChI is InChI=1S/C22H35N3O2S/c1-3-28-21-8-7-19(14-21)25-22(23-2)24-15-17-5-4-6-18(13-17)16-27-20-9-11-26-12-10-20/h4-6,13,19-21H,3,7-12,14-16H2,1-2H3,(H2,23,24,25). The molecule has 0 amide bonds. The molecule has 6 heteroatoms. The molecule has 2 N–H and O–H groups in total. The van der Waals surface area contributed by atoms with E-state index in [1.165, 1.54) is 36.1 Å². The number of ether oxygens (including phenoxy) is 2. The maximum atomic E-state index is 6.05. The Labute approximate surface area is 174 Å². The fraction of sp³-hybridized carbons (Fsp3) is 0.682. The van der Waals surface area contributed by atoms with Crippen LogP contribution in [0.2, 0.25) is 0 Å². The molecule has 28 heavy (non-hydrogen) atoms. The molecule has 5 nitrogen and oxygen atoms in total. The molecule has 1 aliphatic carbocycles. The van der Waals surface area contributed by atoms with Crippen LogP contribution in [0.4, 0.5) is 0 Å². The summed E-state index contributed by atoms with van der Waals surface area (Å²) >= 11 is 2.08. The van der Waals surface area contributed by atoms with Crippen LogP contribution in [0, 0.1) is 0 Å². The molecule has 1 aromatic rings. The van der Waals surface area contributed by atoms with Gasteiger partial charge in [-0.25, -0.2) is 0 Å². The highest BCUT2D eigenvalue weighted by Gasteiger charge is 2.25. The summed E-state index contributed by atoms with van der Waals surface area (Å²) in [6, 6.07) is 9.17. The smallest absolute Gasteiger partial charge is 0.191 e. The fourth-order valence-corrected chi connectivity index (χ4v) is 5.06. The zero-order valence-corrected chi connectivity index (χ0v) is 18.1. The van der Waals surface area contributed by atoms with Gasteiger partial charge in [0.1, 0.15) is 0 Å². The van der Waals surface area contributed by atoms with Crippen LogP contribution in [-0.2, 0) is 22.6 Å². The fourth-order valence-electron chi connectivity index (χ4n) is 3.92. The van der Waals surface area contributed by atoms with E-state index >= 15 is 0 Å². The highest BCUT2D eigenvalue weighted by atomic mass is 32.2. The number of guanidine groups is 1. The van der Waals surface area contributed by atoms with E-state index in [4.69, 9.17) is 9.47 Å². The van der Waals surface area contributed by atoms with Crippen LogP contribution < -0.4 is 10.6 Å². The summed E-state index contributed by atoms with van der Waals surface area (Å²) in [5.74, 6) is 2.11. The lowest BCUT2D eigenvalue weighted by atomic mass is 10.1. The molecule has 0 aromatic heterocycles. The lowest BCUT2D eigenvalue weighted by Gasteiger charge is -2.22. The topological polar surface area (TPSA) is 54.9 Å². The minimum absolute atomic E-state index is 0.333. The van der Waals surface area contributed by atoms with Crippen molar-refractivity contribution in [2.75, 3.05) is 26.0 Å². The first-order valence-electron chi connectivity index (χ1n) is 10.6. The third kappa shape index (κ3) is 6.98. The molecule has 156 valence electrons. The lowest BCUT2D eigenvalue weighted by Crippen LogP contribution is -2.42. The highest BCUT2D eigenvalue weighted by Crippen LogP contribution is 2.29. The van der Waals surface area contributed by atoms with Gasteiger partial charge in [0.2, 0.25) is 0 Å². The van der Waals surface area contributed by atoms with Crippen molar-refractivity contribution < 1.29 is 9.47 Å². The number of nitrogens with zero attached hydrogens (tertiary/aromatic N) is 1. The van der Waals surface area contributed by atoms with E-state index in [1.807, 2.05) is 7.05 Å². The Morgan fingerprint density at radius 1 is 1.21 bits per heavy atom. The van der Waals surface area contributed by atoms with Crippen molar-refractivity contribution in [3.63, 3.8) is 0 Å². The van der Waals surface area contributed by atoms with Gasteiger partial charge >= 0.3 is 0 Å². The van der Waals surface area contributed by atoms with Crippen molar-refractivity contribution in [1.82, 2.24) is 10.6 Å². The van der Waals surface area contributed by atoms with Crippen LogP contribution in [0.15, 0.2) is 29.3 Å². The van der Waals surface area contributed by atoms with Crippen LogP contribution in [-0.4, -0.2) is 49.4 Å². The molecule has 2 fully saturated rings. The number of hydrogen-bond donors (Lipinski definition) is 2. The number of thioether (sulfide) groups is 1. The zero-order valence-electron chi connectivity index (χ0n) is 17.3. The van der Waals surface area contributed by atoms with Crippen molar-refractivity contribution in [3.8, 4) is 0 Å². The Bertz CT molecular complexity index is 620. The Morgan fingerprint density at radius 2 is 2.04 bits per heavy atom. The predicted molar refractivity (Wildman–Crippen MR) is 118 cm³/mol. The molecular weight excluding hydrogens is 370 g/mol. The first-order chi connectivity index (χ1) is 13.8. The average Bonchev–Trinajstić information content (AvgIpc) is 3.18. The Morgan fingerprint density at radius 3 is 2.82 bits per heavy atom. The first kappa shape index (κ1) is 21.5. The third-order valence-corrected chi connectivity index (χ3v) is 6.69. The van der Waals surface area contributed by atoms with Crippen molar-refractivity contribution in [1.29, 1.82) is 0 Å². The maximum absolute atomic E-state index is 6.05. The van der Waals surface area contributed by atoms with Crippen molar-refractivity contribution in [3.05, 3.63) is 35.4 Å². The van der Waals surface area contributed by atoms with Gasteiger partial charge in [0, 0.05) is 38.1 Å². The van der Waals surface area contributed by atoms with Gasteiger partial charge < -0.3 is 20.1 Å². The summed E-state index contributed by atoms with van der Waals surface area (Å²) in [5, 5.41) is 7.86. The van der Waals surface area contributed by atoms with Crippen LogP contribution in [0.3, 0.4) is 0 Å². The van der Waals surface area contributed by atoms with E-state index in [0.717, 1.165) is 43.8 Å². The molecule has 0 bridgehead atoms. The van der Waals surface area contributed by atoms with Crippen LogP contribution in [0.25, 0.3) is 0 Å². The zero-order chi connectivity index (χ0) is 19.6. The minimum Gasteiger partial charge on any atom is -0.381 e. The quantitative estimate of drug-likeness (QED) is 0.510. The second-order valence-electron chi connectivity index (χ2n) is 7.60. The molecule has 0 radical (unpaired) electrons. The van der Waals surface area contributed by atoms with Gasteiger partial charge in [-0.2, -0.15) is 11.8 Å². The Hall–Kier alpha value is -1.24. The minimum atomic E-state index is 0.333. The lowest BCUT2D eigenvalue weighted by molar-refractivity contribution is -0.0390. The molecule has 1 saturated carbocycles. The highest BCUT2D eigenvalue weighted by molar-refractivity contribution is 7.99. The molecule has 2 atom stereocenters. The van der Waals surface area contributed by atoms with Gasteiger partial charge in [0.05, 0.1) is 12.7 Å².